The Morgan fingerprint density at radius 1 is 1.19 bits per heavy atom. The van der Waals surface area contributed by atoms with Crippen LogP contribution in [0.15, 0.2) is 36.7 Å². The summed E-state index contributed by atoms with van der Waals surface area (Å²) >= 11 is 0. The minimum atomic E-state index is -0.419. The molecule has 0 bridgehead atoms. The van der Waals surface area contributed by atoms with Crippen LogP contribution in [0.1, 0.15) is 34.8 Å². The Balaban J connectivity index is 2.09. The summed E-state index contributed by atoms with van der Waals surface area (Å²) in [5, 5.41) is 5.46. The van der Waals surface area contributed by atoms with Crippen molar-refractivity contribution < 1.29 is 9.59 Å². The van der Waals surface area contributed by atoms with Gasteiger partial charge in [-0.3, -0.25) is 9.59 Å². The van der Waals surface area contributed by atoms with Crippen LogP contribution in [-0.2, 0) is 0 Å². The SMILES string of the molecule is CC(C)CNC(=O)c1[nH]cnc1C(=O)Nc1ccccc1. The summed E-state index contributed by atoms with van der Waals surface area (Å²) in [4.78, 5) is 30.8. The molecule has 0 unspecified atom stereocenters. The quantitative estimate of drug-likeness (QED) is 0.786. The number of carbonyl (C=O) groups is 2. The van der Waals surface area contributed by atoms with Crippen LogP contribution in [0.5, 0.6) is 0 Å². The number of aromatic nitrogens is 2. The third-order valence-electron chi connectivity index (χ3n) is 2.78. The van der Waals surface area contributed by atoms with Crippen molar-refractivity contribution in [2.75, 3.05) is 11.9 Å². The van der Waals surface area contributed by atoms with Crippen molar-refractivity contribution >= 4 is 17.5 Å². The second-order valence-corrected chi connectivity index (χ2v) is 5.05. The van der Waals surface area contributed by atoms with Crippen LogP contribution in [0.25, 0.3) is 0 Å². The molecule has 0 atom stereocenters. The number of anilines is 1. The second-order valence-electron chi connectivity index (χ2n) is 5.05. The number of rotatable bonds is 5. The summed E-state index contributed by atoms with van der Waals surface area (Å²) in [5.41, 5.74) is 0.906. The second kappa shape index (κ2) is 6.69. The molecule has 0 saturated heterocycles. The van der Waals surface area contributed by atoms with Gasteiger partial charge in [0.15, 0.2) is 5.69 Å². The molecule has 0 aliphatic rings. The van der Waals surface area contributed by atoms with Gasteiger partial charge in [-0.1, -0.05) is 32.0 Å². The van der Waals surface area contributed by atoms with Crippen molar-refractivity contribution in [2.24, 2.45) is 5.92 Å². The van der Waals surface area contributed by atoms with E-state index in [1.165, 1.54) is 6.33 Å². The largest absolute Gasteiger partial charge is 0.350 e. The number of benzene rings is 1. The Morgan fingerprint density at radius 2 is 1.90 bits per heavy atom. The number of imidazole rings is 1. The molecule has 2 rings (SSSR count). The van der Waals surface area contributed by atoms with Crippen molar-refractivity contribution in [1.29, 1.82) is 0 Å². The lowest BCUT2D eigenvalue weighted by Crippen LogP contribution is -2.29. The molecule has 1 heterocycles. The van der Waals surface area contributed by atoms with Crippen molar-refractivity contribution in [3.05, 3.63) is 48.0 Å². The molecule has 0 spiro atoms. The number of aromatic amines is 1. The lowest BCUT2D eigenvalue weighted by atomic mass is 10.2. The fraction of sp³-hybridized carbons (Fsp3) is 0.267. The minimum absolute atomic E-state index is 0.0834. The van der Waals surface area contributed by atoms with E-state index in [-0.39, 0.29) is 17.3 Å². The van der Waals surface area contributed by atoms with E-state index in [0.29, 0.717) is 18.2 Å². The van der Waals surface area contributed by atoms with Gasteiger partial charge in [0.25, 0.3) is 11.8 Å². The number of amides is 2. The molecule has 6 heteroatoms. The van der Waals surface area contributed by atoms with Crippen LogP contribution in [0.3, 0.4) is 0 Å². The molecule has 0 aliphatic carbocycles. The summed E-state index contributed by atoms with van der Waals surface area (Å²) in [6.07, 6.45) is 1.34. The summed E-state index contributed by atoms with van der Waals surface area (Å²) in [6.45, 7) is 4.53. The fourth-order valence-corrected chi connectivity index (χ4v) is 1.74. The maximum absolute atomic E-state index is 12.2. The van der Waals surface area contributed by atoms with E-state index < -0.39 is 5.91 Å². The maximum atomic E-state index is 12.2. The molecule has 0 fully saturated rings. The van der Waals surface area contributed by atoms with Crippen molar-refractivity contribution in [1.82, 2.24) is 15.3 Å². The number of para-hydroxylation sites is 1. The summed E-state index contributed by atoms with van der Waals surface area (Å²) in [6, 6.07) is 9.02. The molecular weight excluding hydrogens is 268 g/mol. The first-order chi connectivity index (χ1) is 10.1. The van der Waals surface area contributed by atoms with Crippen LogP contribution in [0, 0.1) is 5.92 Å². The van der Waals surface area contributed by atoms with Crippen LogP contribution >= 0.6 is 0 Å². The highest BCUT2D eigenvalue weighted by atomic mass is 16.2. The smallest absolute Gasteiger partial charge is 0.276 e. The predicted molar refractivity (Wildman–Crippen MR) is 80.2 cm³/mol. The van der Waals surface area contributed by atoms with Crippen LogP contribution in [0.2, 0.25) is 0 Å². The van der Waals surface area contributed by atoms with Gasteiger partial charge in [-0.25, -0.2) is 4.98 Å². The normalized spacial score (nSPS) is 10.4. The number of H-pyrrole nitrogens is 1. The van der Waals surface area contributed by atoms with E-state index in [2.05, 4.69) is 20.6 Å². The Hall–Kier alpha value is -2.63. The van der Waals surface area contributed by atoms with Gasteiger partial charge in [-0.05, 0) is 18.1 Å². The van der Waals surface area contributed by atoms with Gasteiger partial charge in [0.1, 0.15) is 5.69 Å². The highest BCUT2D eigenvalue weighted by molar-refractivity contribution is 6.10. The number of nitrogens with one attached hydrogen (secondary N) is 3. The Labute approximate surface area is 123 Å². The van der Waals surface area contributed by atoms with E-state index >= 15 is 0 Å². The van der Waals surface area contributed by atoms with E-state index in [4.69, 9.17) is 0 Å². The standard InChI is InChI=1S/C15H18N4O2/c1-10(2)8-16-14(20)12-13(18-9-17-12)15(21)19-11-6-4-3-5-7-11/h3-7,9-10H,8H2,1-2H3,(H,16,20)(H,17,18)(H,19,21). The van der Waals surface area contributed by atoms with E-state index in [0.717, 1.165) is 0 Å². The zero-order valence-electron chi connectivity index (χ0n) is 12.0. The molecule has 0 aliphatic heterocycles. The number of nitrogens with zero attached hydrogens (tertiary/aromatic N) is 1. The molecule has 3 N–H and O–H groups in total. The minimum Gasteiger partial charge on any atom is -0.350 e. The first kappa shape index (κ1) is 14.8. The Bertz CT molecular complexity index is 620. The average Bonchev–Trinajstić information content (AvgIpc) is 2.95. The van der Waals surface area contributed by atoms with E-state index in [1.807, 2.05) is 32.0 Å². The van der Waals surface area contributed by atoms with Gasteiger partial charge in [0.05, 0.1) is 6.33 Å². The summed E-state index contributed by atoms with van der Waals surface area (Å²) < 4.78 is 0. The van der Waals surface area contributed by atoms with Gasteiger partial charge < -0.3 is 15.6 Å². The van der Waals surface area contributed by atoms with Gasteiger partial charge in [-0.15, -0.1) is 0 Å². The van der Waals surface area contributed by atoms with Crippen LogP contribution < -0.4 is 10.6 Å². The molecule has 2 aromatic rings. The van der Waals surface area contributed by atoms with Gasteiger partial charge in [-0.2, -0.15) is 0 Å². The monoisotopic (exact) mass is 286 g/mol. The van der Waals surface area contributed by atoms with Crippen molar-refractivity contribution in [3.8, 4) is 0 Å². The Morgan fingerprint density at radius 3 is 2.57 bits per heavy atom. The summed E-state index contributed by atoms with van der Waals surface area (Å²) in [7, 11) is 0. The zero-order chi connectivity index (χ0) is 15.2. The predicted octanol–water partition coefficient (Wildman–Crippen LogP) is 2.05. The Kier molecular flexibility index (Phi) is 4.71. The molecule has 2 amide bonds. The van der Waals surface area contributed by atoms with Gasteiger partial charge in [0.2, 0.25) is 0 Å². The maximum Gasteiger partial charge on any atom is 0.276 e. The van der Waals surface area contributed by atoms with Gasteiger partial charge in [0, 0.05) is 12.2 Å². The van der Waals surface area contributed by atoms with Crippen molar-refractivity contribution in [3.63, 3.8) is 0 Å². The summed E-state index contributed by atoms with van der Waals surface area (Å²) in [5.74, 6) is -0.421. The van der Waals surface area contributed by atoms with Crippen LogP contribution in [0.4, 0.5) is 5.69 Å². The molecule has 0 radical (unpaired) electrons. The number of hydrogen-bond acceptors (Lipinski definition) is 3. The highest BCUT2D eigenvalue weighted by Crippen LogP contribution is 2.09. The molecule has 21 heavy (non-hydrogen) atoms. The third-order valence-corrected chi connectivity index (χ3v) is 2.78. The molecule has 1 aromatic heterocycles. The molecular formula is C15H18N4O2. The van der Waals surface area contributed by atoms with E-state index in [9.17, 15) is 9.59 Å². The number of hydrogen-bond donors (Lipinski definition) is 3. The first-order valence-electron chi connectivity index (χ1n) is 6.76. The van der Waals surface area contributed by atoms with Crippen molar-refractivity contribution in [2.45, 2.75) is 13.8 Å². The van der Waals surface area contributed by atoms with E-state index in [1.54, 1.807) is 12.1 Å². The zero-order valence-corrected chi connectivity index (χ0v) is 12.0. The fourth-order valence-electron chi connectivity index (χ4n) is 1.74. The third kappa shape index (κ3) is 3.92. The topological polar surface area (TPSA) is 86.9 Å². The lowest BCUT2D eigenvalue weighted by Gasteiger charge is -2.08. The first-order valence-corrected chi connectivity index (χ1v) is 6.76. The number of carbonyl (C=O) groups excluding carboxylic acids is 2. The molecule has 0 saturated carbocycles. The highest BCUT2D eigenvalue weighted by Gasteiger charge is 2.20. The molecule has 1 aromatic carbocycles. The van der Waals surface area contributed by atoms with Gasteiger partial charge >= 0.3 is 0 Å². The molecule has 6 nitrogen and oxygen atoms in total. The lowest BCUT2D eigenvalue weighted by molar-refractivity contribution is 0.0931. The average molecular weight is 286 g/mol. The van der Waals surface area contributed by atoms with Crippen LogP contribution in [-0.4, -0.2) is 28.3 Å². The molecule has 110 valence electrons.